The van der Waals surface area contributed by atoms with Gasteiger partial charge in [-0.15, -0.1) is 0 Å². The predicted molar refractivity (Wildman–Crippen MR) is 74.3 cm³/mol. The van der Waals surface area contributed by atoms with Crippen LogP contribution in [0.25, 0.3) is 0 Å². The van der Waals surface area contributed by atoms with Gasteiger partial charge < -0.3 is 9.80 Å². The molecule has 1 aliphatic heterocycles. The molecule has 2 rings (SSSR count). The lowest BCUT2D eigenvalue weighted by Crippen LogP contribution is -2.50. The van der Waals surface area contributed by atoms with Crippen molar-refractivity contribution in [3.05, 3.63) is 38.3 Å². The van der Waals surface area contributed by atoms with Crippen LogP contribution in [0.3, 0.4) is 0 Å². The number of carbonyl (C=O) groups is 2. The zero-order valence-corrected chi connectivity index (χ0v) is 12.3. The summed E-state index contributed by atoms with van der Waals surface area (Å²) in [4.78, 5) is 37.1. The minimum absolute atomic E-state index is 0.000799. The standard InChI is InChI=1S/C12H12BrN3O4/c1-14-4-5-15(7-11(14)17)12(18)8-2-3-9(13)10(6-8)16(19)20/h2-3,6H,4-5,7H2,1H3. The van der Waals surface area contributed by atoms with E-state index >= 15 is 0 Å². The second-order valence-corrected chi connectivity index (χ2v) is 5.32. The van der Waals surface area contributed by atoms with Gasteiger partial charge in [0.25, 0.3) is 11.6 Å². The third-order valence-electron chi connectivity index (χ3n) is 3.13. The first kappa shape index (κ1) is 14.4. The van der Waals surface area contributed by atoms with Crippen molar-refractivity contribution < 1.29 is 14.5 Å². The van der Waals surface area contributed by atoms with Crippen LogP contribution in [-0.2, 0) is 4.79 Å². The van der Waals surface area contributed by atoms with Gasteiger partial charge in [-0.25, -0.2) is 0 Å². The zero-order valence-electron chi connectivity index (χ0n) is 10.7. The van der Waals surface area contributed by atoms with E-state index in [1.165, 1.54) is 23.1 Å². The number of halogens is 1. The van der Waals surface area contributed by atoms with Crippen LogP contribution in [0.15, 0.2) is 22.7 Å². The summed E-state index contributed by atoms with van der Waals surface area (Å²) >= 11 is 3.07. The molecule has 1 aromatic rings. The third-order valence-corrected chi connectivity index (χ3v) is 3.80. The fraction of sp³-hybridized carbons (Fsp3) is 0.333. The van der Waals surface area contributed by atoms with Crippen LogP contribution in [0, 0.1) is 10.1 Å². The second-order valence-electron chi connectivity index (χ2n) is 4.47. The Morgan fingerprint density at radius 1 is 1.40 bits per heavy atom. The Morgan fingerprint density at radius 3 is 2.70 bits per heavy atom. The van der Waals surface area contributed by atoms with Gasteiger partial charge in [0, 0.05) is 31.8 Å². The molecule has 1 aromatic carbocycles. The topological polar surface area (TPSA) is 83.8 Å². The molecule has 0 atom stereocenters. The van der Waals surface area contributed by atoms with Crippen molar-refractivity contribution in [1.29, 1.82) is 0 Å². The van der Waals surface area contributed by atoms with E-state index in [1.807, 2.05) is 0 Å². The number of hydrogen-bond donors (Lipinski definition) is 0. The van der Waals surface area contributed by atoms with Crippen LogP contribution in [0.1, 0.15) is 10.4 Å². The molecular formula is C12H12BrN3O4. The molecule has 0 unspecified atom stereocenters. The maximum absolute atomic E-state index is 12.3. The quantitative estimate of drug-likeness (QED) is 0.599. The SMILES string of the molecule is CN1CCN(C(=O)c2ccc(Br)c([N+](=O)[O-])c2)CC1=O. The molecule has 0 spiro atoms. The lowest BCUT2D eigenvalue weighted by atomic mass is 10.1. The molecule has 0 radical (unpaired) electrons. The first-order valence-electron chi connectivity index (χ1n) is 5.87. The Morgan fingerprint density at radius 2 is 2.10 bits per heavy atom. The number of nitrogens with zero attached hydrogens (tertiary/aromatic N) is 3. The first-order valence-corrected chi connectivity index (χ1v) is 6.66. The second kappa shape index (κ2) is 5.58. The lowest BCUT2D eigenvalue weighted by molar-refractivity contribution is -0.385. The number of benzene rings is 1. The fourth-order valence-corrected chi connectivity index (χ4v) is 2.29. The molecule has 8 heteroatoms. The summed E-state index contributed by atoms with van der Waals surface area (Å²) in [7, 11) is 1.68. The van der Waals surface area contributed by atoms with Gasteiger partial charge in [0.2, 0.25) is 5.91 Å². The fourth-order valence-electron chi connectivity index (χ4n) is 1.90. The monoisotopic (exact) mass is 341 g/mol. The lowest BCUT2D eigenvalue weighted by Gasteiger charge is -2.31. The van der Waals surface area contributed by atoms with Gasteiger partial charge in [-0.3, -0.25) is 19.7 Å². The highest BCUT2D eigenvalue weighted by Gasteiger charge is 2.26. The average molecular weight is 342 g/mol. The van der Waals surface area contributed by atoms with Crippen LogP contribution in [0.4, 0.5) is 5.69 Å². The highest BCUT2D eigenvalue weighted by atomic mass is 79.9. The molecule has 1 heterocycles. The van der Waals surface area contributed by atoms with Gasteiger partial charge >= 0.3 is 0 Å². The number of hydrogen-bond acceptors (Lipinski definition) is 4. The van der Waals surface area contributed by atoms with Crippen LogP contribution in [0.2, 0.25) is 0 Å². The molecule has 7 nitrogen and oxygen atoms in total. The van der Waals surface area contributed by atoms with Crippen molar-refractivity contribution >= 4 is 33.4 Å². The summed E-state index contributed by atoms with van der Waals surface area (Å²) < 4.78 is 0.313. The number of carbonyl (C=O) groups excluding carboxylic acids is 2. The van der Waals surface area contributed by atoms with E-state index in [9.17, 15) is 19.7 Å². The van der Waals surface area contributed by atoms with Gasteiger partial charge in [-0.05, 0) is 28.1 Å². The van der Waals surface area contributed by atoms with Crippen LogP contribution >= 0.6 is 15.9 Å². The normalized spacial score (nSPS) is 15.4. The Labute approximate surface area is 123 Å². The van der Waals surface area contributed by atoms with Crippen LogP contribution < -0.4 is 0 Å². The molecule has 0 aromatic heterocycles. The predicted octanol–water partition coefficient (Wildman–Crippen LogP) is 1.27. The smallest absolute Gasteiger partial charge is 0.284 e. The molecule has 106 valence electrons. The molecule has 1 aliphatic rings. The van der Waals surface area contributed by atoms with Gasteiger partial charge in [0.05, 0.1) is 9.40 Å². The number of amides is 2. The maximum atomic E-state index is 12.3. The van der Waals surface area contributed by atoms with Crippen molar-refractivity contribution in [2.75, 3.05) is 26.7 Å². The van der Waals surface area contributed by atoms with Crippen molar-refractivity contribution in [3.8, 4) is 0 Å². The molecule has 0 N–H and O–H groups in total. The number of likely N-dealkylation sites (N-methyl/N-ethyl adjacent to an activating group) is 1. The Balaban J connectivity index is 2.23. The molecule has 0 bridgehead atoms. The van der Waals surface area contributed by atoms with Crippen LogP contribution in [0.5, 0.6) is 0 Å². The largest absolute Gasteiger partial charge is 0.342 e. The minimum Gasteiger partial charge on any atom is -0.342 e. The summed E-state index contributed by atoms with van der Waals surface area (Å²) in [5.74, 6) is -0.515. The molecule has 1 fully saturated rings. The third kappa shape index (κ3) is 2.79. The summed E-state index contributed by atoms with van der Waals surface area (Å²) in [5, 5.41) is 10.9. The molecule has 20 heavy (non-hydrogen) atoms. The summed E-state index contributed by atoms with van der Waals surface area (Å²) in [6.07, 6.45) is 0. The molecule has 2 amide bonds. The van der Waals surface area contributed by atoms with E-state index in [0.29, 0.717) is 17.6 Å². The maximum Gasteiger partial charge on any atom is 0.284 e. The average Bonchev–Trinajstić information content (AvgIpc) is 2.41. The number of nitro groups is 1. The Hall–Kier alpha value is -1.96. The van der Waals surface area contributed by atoms with Crippen molar-refractivity contribution in [3.63, 3.8) is 0 Å². The van der Waals surface area contributed by atoms with E-state index < -0.39 is 4.92 Å². The van der Waals surface area contributed by atoms with Gasteiger partial charge in [-0.2, -0.15) is 0 Å². The zero-order chi connectivity index (χ0) is 14.9. The van der Waals surface area contributed by atoms with Gasteiger partial charge in [-0.1, -0.05) is 0 Å². The molecule has 0 aliphatic carbocycles. The van der Waals surface area contributed by atoms with E-state index in [4.69, 9.17) is 0 Å². The van der Waals surface area contributed by atoms with Gasteiger partial charge in [0.1, 0.15) is 6.54 Å². The van der Waals surface area contributed by atoms with Crippen molar-refractivity contribution in [2.24, 2.45) is 0 Å². The molecular weight excluding hydrogens is 330 g/mol. The summed E-state index contributed by atoms with van der Waals surface area (Å²) in [5.41, 5.74) is 0.0357. The minimum atomic E-state index is -0.560. The van der Waals surface area contributed by atoms with Gasteiger partial charge in [0.15, 0.2) is 0 Å². The number of piperazine rings is 1. The van der Waals surface area contributed by atoms with E-state index in [0.717, 1.165) is 0 Å². The number of rotatable bonds is 2. The molecule has 0 saturated carbocycles. The number of nitro benzene ring substituents is 1. The summed E-state index contributed by atoms with van der Waals surface area (Å²) in [6, 6.07) is 4.18. The Kier molecular flexibility index (Phi) is 4.03. The highest BCUT2D eigenvalue weighted by Crippen LogP contribution is 2.26. The van der Waals surface area contributed by atoms with E-state index in [2.05, 4.69) is 15.9 Å². The van der Waals surface area contributed by atoms with E-state index in [1.54, 1.807) is 11.9 Å². The molecule has 1 saturated heterocycles. The highest BCUT2D eigenvalue weighted by molar-refractivity contribution is 9.10. The van der Waals surface area contributed by atoms with Crippen LogP contribution in [-0.4, -0.2) is 53.2 Å². The van der Waals surface area contributed by atoms with Crippen molar-refractivity contribution in [2.45, 2.75) is 0 Å². The summed E-state index contributed by atoms with van der Waals surface area (Å²) in [6.45, 7) is 0.882. The van der Waals surface area contributed by atoms with E-state index in [-0.39, 0.29) is 29.6 Å². The Bertz CT molecular complexity index is 590. The first-order chi connectivity index (χ1) is 9.40. The van der Waals surface area contributed by atoms with Crippen molar-refractivity contribution in [1.82, 2.24) is 9.80 Å².